The predicted octanol–water partition coefficient (Wildman–Crippen LogP) is 0.917. The molecule has 4 heteroatoms. The number of carbonyl (C=O) groups is 1. The Morgan fingerprint density at radius 1 is 1.62 bits per heavy atom. The van der Waals surface area contributed by atoms with Gasteiger partial charge in [0.1, 0.15) is 6.10 Å². The van der Waals surface area contributed by atoms with Crippen LogP contribution in [0.5, 0.6) is 0 Å². The predicted molar refractivity (Wildman–Crippen MR) is 64.3 cm³/mol. The minimum atomic E-state index is -0.325. The summed E-state index contributed by atoms with van der Waals surface area (Å²) in [4.78, 5) is 11.5. The molecular formula is C12H24N2O2. The van der Waals surface area contributed by atoms with E-state index < -0.39 is 0 Å². The second-order valence-corrected chi connectivity index (χ2v) is 4.39. The first-order chi connectivity index (χ1) is 7.74. The minimum Gasteiger partial charge on any atom is -0.369 e. The standard InChI is InChI=1S/C12H24N2O2/c1-3-16-10(2)12(15)14-8-6-11-5-4-7-13-9-11/h10-11,13H,3-9H2,1-2H3,(H,14,15). The van der Waals surface area contributed by atoms with Crippen LogP contribution in [-0.2, 0) is 9.53 Å². The normalized spacial score (nSPS) is 22.8. The Balaban J connectivity index is 2.07. The molecule has 1 fully saturated rings. The lowest BCUT2D eigenvalue weighted by Gasteiger charge is -2.23. The first-order valence-electron chi connectivity index (χ1n) is 6.34. The molecule has 0 aromatic carbocycles. The van der Waals surface area contributed by atoms with Crippen molar-refractivity contribution in [1.82, 2.24) is 10.6 Å². The fraction of sp³-hybridized carbons (Fsp3) is 0.917. The zero-order valence-corrected chi connectivity index (χ0v) is 10.4. The van der Waals surface area contributed by atoms with E-state index in [-0.39, 0.29) is 12.0 Å². The molecule has 2 unspecified atom stereocenters. The van der Waals surface area contributed by atoms with Gasteiger partial charge >= 0.3 is 0 Å². The van der Waals surface area contributed by atoms with Gasteiger partial charge in [0.2, 0.25) is 5.91 Å². The Bertz CT molecular complexity index is 203. The molecule has 2 N–H and O–H groups in total. The Morgan fingerprint density at radius 2 is 2.44 bits per heavy atom. The van der Waals surface area contributed by atoms with Crippen LogP contribution in [-0.4, -0.2) is 38.3 Å². The van der Waals surface area contributed by atoms with E-state index in [9.17, 15) is 4.79 Å². The fourth-order valence-corrected chi connectivity index (χ4v) is 2.04. The first kappa shape index (κ1) is 13.5. The molecule has 4 nitrogen and oxygen atoms in total. The lowest BCUT2D eigenvalue weighted by Crippen LogP contribution is -2.37. The number of hydrogen-bond acceptors (Lipinski definition) is 3. The third-order valence-corrected chi connectivity index (χ3v) is 3.04. The summed E-state index contributed by atoms with van der Waals surface area (Å²) in [7, 11) is 0. The lowest BCUT2D eigenvalue weighted by molar-refractivity contribution is -0.131. The van der Waals surface area contributed by atoms with Crippen LogP contribution in [0.15, 0.2) is 0 Å². The van der Waals surface area contributed by atoms with Gasteiger partial charge in [0.15, 0.2) is 0 Å². The lowest BCUT2D eigenvalue weighted by atomic mass is 9.96. The summed E-state index contributed by atoms with van der Waals surface area (Å²) < 4.78 is 5.22. The van der Waals surface area contributed by atoms with Gasteiger partial charge in [-0.3, -0.25) is 4.79 Å². The summed E-state index contributed by atoms with van der Waals surface area (Å²) in [5, 5.41) is 6.30. The molecule has 1 aliphatic rings. The maximum Gasteiger partial charge on any atom is 0.248 e. The average Bonchev–Trinajstić information content (AvgIpc) is 2.30. The monoisotopic (exact) mass is 228 g/mol. The number of piperidine rings is 1. The zero-order valence-electron chi connectivity index (χ0n) is 10.4. The number of nitrogens with one attached hydrogen (secondary N) is 2. The number of carbonyl (C=O) groups excluding carboxylic acids is 1. The van der Waals surface area contributed by atoms with E-state index >= 15 is 0 Å². The topological polar surface area (TPSA) is 50.4 Å². The van der Waals surface area contributed by atoms with Crippen LogP contribution >= 0.6 is 0 Å². The van der Waals surface area contributed by atoms with Gasteiger partial charge in [-0.05, 0) is 52.1 Å². The van der Waals surface area contributed by atoms with Crippen LogP contribution in [0.4, 0.5) is 0 Å². The maximum absolute atomic E-state index is 11.5. The molecule has 1 rings (SSSR count). The van der Waals surface area contributed by atoms with Gasteiger partial charge in [-0.25, -0.2) is 0 Å². The Labute approximate surface area is 98.1 Å². The third-order valence-electron chi connectivity index (χ3n) is 3.04. The van der Waals surface area contributed by atoms with E-state index in [4.69, 9.17) is 4.74 Å². The van der Waals surface area contributed by atoms with Crippen LogP contribution in [0, 0.1) is 5.92 Å². The van der Waals surface area contributed by atoms with Gasteiger partial charge in [-0.1, -0.05) is 0 Å². The molecule has 94 valence electrons. The van der Waals surface area contributed by atoms with Gasteiger partial charge in [-0.2, -0.15) is 0 Å². The summed E-state index contributed by atoms with van der Waals surface area (Å²) in [5.41, 5.74) is 0. The highest BCUT2D eigenvalue weighted by atomic mass is 16.5. The molecule has 0 aliphatic carbocycles. The number of ether oxygens (including phenoxy) is 1. The van der Waals surface area contributed by atoms with Crippen LogP contribution in [0.3, 0.4) is 0 Å². The number of amides is 1. The van der Waals surface area contributed by atoms with Crippen molar-refractivity contribution in [1.29, 1.82) is 0 Å². The molecule has 1 saturated heterocycles. The molecular weight excluding hydrogens is 204 g/mol. The highest BCUT2D eigenvalue weighted by Crippen LogP contribution is 2.12. The van der Waals surface area contributed by atoms with Crippen LogP contribution in [0.25, 0.3) is 0 Å². The largest absolute Gasteiger partial charge is 0.369 e. The van der Waals surface area contributed by atoms with E-state index in [1.807, 2.05) is 6.92 Å². The van der Waals surface area contributed by atoms with E-state index in [0.717, 1.165) is 32.0 Å². The number of rotatable bonds is 6. The summed E-state index contributed by atoms with van der Waals surface area (Å²) in [6, 6.07) is 0. The van der Waals surface area contributed by atoms with Gasteiger partial charge in [0.05, 0.1) is 0 Å². The van der Waals surface area contributed by atoms with Crippen LogP contribution < -0.4 is 10.6 Å². The fourth-order valence-electron chi connectivity index (χ4n) is 2.04. The zero-order chi connectivity index (χ0) is 11.8. The SMILES string of the molecule is CCOC(C)C(=O)NCCC1CCCNC1. The molecule has 0 aromatic rings. The molecule has 1 amide bonds. The second kappa shape index (κ2) is 7.63. The Morgan fingerprint density at radius 3 is 3.06 bits per heavy atom. The smallest absolute Gasteiger partial charge is 0.248 e. The molecule has 0 aromatic heterocycles. The van der Waals surface area contributed by atoms with E-state index in [1.54, 1.807) is 6.92 Å². The summed E-state index contributed by atoms with van der Waals surface area (Å²) in [5.74, 6) is 0.724. The number of hydrogen-bond donors (Lipinski definition) is 2. The Kier molecular flexibility index (Phi) is 6.42. The van der Waals surface area contributed by atoms with Crippen LogP contribution in [0.1, 0.15) is 33.1 Å². The van der Waals surface area contributed by atoms with Crippen LogP contribution in [0.2, 0.25) is 0 Å². The minimum absolute atomic E-state index is 0.00520. The molecule has 16 heavy (non-hydrogen) atoms. The molecule has 2 atom stereocenters. The van der Waals surface area contributed by atoms with Gasteiger partial charge in [0, 0.05) is 13.2 Å². The van der Waals surface area contributed by atoms with Crippen molar-refractivity contribution in [3.63, 3.8) is 0 Å². The molecule has 1 aliphatic heterocycles. The molecule has 1 heterocycles. The van der Waals surface area contributed by atoms with Gasteiger partial charge < -0.3 is 15.4 Å². The highest BCUT2D eigenvalue weighted by molar-refractivity contribution is 5.80. The highest BCUT2D eigenvalue weighted by Gasteiger charge is 2.15. The summed E-state index contributed by atoms with van der Waals surface area (Å²) in [6.45, 7) is 7.28. The van der Waals surface area contributed by atoms with Crippen molar-refractivity contribution in [2.24, 2.45) is 5.92 Å². The molecule has 0 spiro atoms. The van der Waals surface area contributed by atoms with E-state index in [2.05, 4.69) is 10.6 Å². The molecule has 0 bridgehead atoms. The maximum atomic E-state index is 11.5. The van der Waals surface area contributed by atoms with Gasteiger partial charge in [0.25, 0.3) is 0 Å². The summed E-state index contributed by atoms with van der Waals surface area (Å²) >= 11 is 0. The van der Waals surface area contributed by atoms with Crippen molar-refractivity contribution in [2.45, 2.75) is 39.2 Å². The van der Waals surface area contributed by atoms with Crippen molar-refractivity contribution in [3.05, 3.63) is 0 Å². The van der Waals surface area contributed by atoms with Crippen molar-refractivity contribution < 1.29 is 9.53 Å². The van der Waals surface area contributed by atoms with Crippen molar-refractivity contribution in [3.8, 4) is 0 Å². The van der Waals surface area contributed by atoms with E-state index in [1.165, 1.54) is 12.8 Å². The second-order valence-electron chi connectivity index (χ2n) is 4.39. The van der Waals surface area contributed by atoms with Gasteiger partial charge in [-0.15, -0.1) is 0 Å². The summed E-state index contributed by atoms with van der Waals surface area (Å²) in [6.07, 6.45) is 3.28. The van der Waals surface area contributed by atoms with Crippen molar-refractivity contribution >= 4 is 5.91 Å². The Hall–Kier alpha value is -0.610. The molecule has 0 saturated carbocycles. The average molecular weight is 228 g/mol. The van der Waals surface area contributed by atoms with E-state index in [0.29, 0.717) is 6.61 Å². The van der Waals surface area contributed by atoms with Crippen molar-refractivity contribution in [2.75, 3.05) is 26.2 Å². The third kappa shape index (κ3) is 4.94. The quantitative estimate of drug-likeness (QED) is 0.710. The first-order valence-corrected chi connectivity index (χ1v) is 6.34. The molecule has 0 radical (unpaired) electrons.